The monoisotopic (exact) mass is 278 g/mol. The topological polar surface area (TPSA) is 102 Å². The molecule has 1 aromatic carbocycles. The first kappa shape index (κ1) is 13.3. The summed E-state index contributed by atoms with van der Waals surface area (Å²) in [5, 5.41) is 11.4. The van der Waals surface area contributed by atoms with E-state index in [1.165, 1.54) is 17.1 Å². The highest BCUT2D eigenvalue weighted by Gasteiger charge is 2.12. The largest absolute Gasteiger partial charge is 0.384 e. The third-order valence-corrected chi connectivity index (χ3v) is 3.81. The number of nitrogens with two attached hydrogens (primary N) is 1. The van der Waals surface area contributed by atoms with Crippen molar-refractivity contribution in [2.24, 2.45) is 5.73 Å². The van der Waals surface area contributed by atoms with Crippen LogP contribution in [0.5, 0.6) is 0 Å². The molecule has 6 nitrogen and oxygen atoms in total. The van der Waals surface area contributed by atoms with Crippen LogP contribution in [-0.4, -0.2) is 30.3 Å². The van der Waals surface area contributed by atoms with Gasteiger partial charge in [-0.3, -0.25) is 5.41 Å². The van der Waals surface area contributed by atoms with Crippen LogP contribution >= 0.6 is 0 Å². The average Bonchev–Trinajstić information content (AvgIpc) is 2.77. The molecule has 0 aliphatic carbocycles. The van der Waals surface area contributed by atoms with E-state index in [0.717, 1.165) is 17.5 Å². The van der Waals surface area contributed by atoms with Gasteiger partial charge in [0.1, 0.15) is 10.7 Å². The summed E-state index contributed by atoms with van der Waals surface area (Å²) in [4.78, 5) is 0.169. The van der Waals surface area contributed by atoms with Gasteiger partial charge in [0.05, 0.1) is 11.9 Å². The Morgan fingerprint density at radius 3 is 2.58 bits per heavy atom. The lowest BCUT2D eigenvalue weighted by Crippen LogP contribution is -2.11. The number of hydrogen-bond acceptors (Lipinski definition) is 4. The second-order valence-corrected chi connectivity index (χ2v) is 6.32. The van der Waals surface area contributed by atoms with E-state index in [1.54, 1.807) is 18.2 Å². The third-order valence-electron chi connectivity index (χ3n) is 2.74. The lowest BCUT2D eigenvalue weighted by molar-refractivity contribution is 0.602. The van der Waals surface area contributed by atoms with Gasteiger partial charge in [-0.2, -0.15) is 5.10 Å². The lowest BCUT2D eigenvalue weighted by Gasteiger charge is -2.07. The number of hydrogen-bond donors (Lipinski definition) is 2. The molecule has 0 spiro atoms. The number of benzene rings is 1. The second kappa shape index (κ2) is 4.51. The smallest absolute Gasteiger partial charge is 0.178 e. The zero-order chi connectivity index (χ0) is 14.2. The first-order chi connectivity index (χ1) is 8.79. The molecule has 0 saturated carbocycles. The highest BCUT2D eigenvalue weighted by Crippen LogP contribution is 2.17. The first-order valence-electron chi connectivity index (χ1n) is 5.49. The molecule has 7 heteroatoms. The summed E-state index contributed by atoms with van der Waals surface area (Å²) in [5.41, 5.74) is 7.64. The van der Waals surface area contributed by atoms with Crippen molar-refractivity contribution in [2.75, 3.05) is 6.26 Å². The number of sulfone groups is 1. The van der Waals surface area contributed by atoms with E-state index in [9.17, 15) is 8.42 Å². The first-order valence-corrected chi connectivity index (χ1v) is 7.38. The van der Waals surface area contributed by atoms with Gasteiger partial charge in [-0.05, 0) is 30.7 Å². The number of amidine groups is 1. The fraction of sp³-hybridized carbons (Fsp3) is 0.167. The molecule has 2 aromatic rings. The van der Waals surface area contributed by atoms with Gasteiger partial charge in [0.2, 0.25) is 0 Å². The molecule has 0 fully saturated rings. The lowest BCUT2D eigenvalue weighted by atomic mass is 10.1. The van der Waals surface area contributed by atoms with Crippen LogP contribution < -0.4 is 5.73 Å². The molecule has 3 N–H and O–H groups in total. The van der Waals surface area contributed by atoms with E-state index in [-0.39, 0.29) is 10.7 Å². The molecule has 0 aliphatic rings. The summed E-state index contributed by atoms with van der Waals surface area (Å²) in [7, 11) is -3.26. The van der Waals surface area contributed by atoms with Gasteiger partial charge < -0.3 is 5.73 Å². The van der Waals surface area contributed by atoms with Crippen LogP contribution in [0.4, 0.5) is 0 Å². The highest BCUT2D eigenvalue weighted by atomic mass is 32.2. The summed E-state index contributed by atoms with van der Waals surface area (Å²) in [6, 6.07) is 5.22. The summed E-state index contributed by atoms with van der Waals surface area (Å²) < 4.78 is 24.3. The molecule has 100 valence electrons. The van der Waals surface area contributed by atoms with Crippen molar-refractivity contribution in [2.45, 2.75) is 11.8 Å². The molecule has 2 rings (SSSR count). The van der Waals surface area contributed by atoms with Gasteiger partial charge in [-0.1, -0.05) is 0 Å². The number of aromatic nitrogens is 2. The minimum absolute atomic E-state index is 0.00746. The van der Waals surface area contributed by atoms with E-state index < -0.39 is 9.84 Å². The van der Waals surface area contributed by atoms with Crippen molar-refractivity contribution >= 4 is 15.7 Å². The van der Waals surface area contributed by atoms with E-state index in [1.807, 2.05) is 6.92 Å². The van der Waals surface area contributed by atoms with Crippen molar-refractivity contribution in [3.05, 3.63) is 41.7 Å². The maximum atomic E-state index is 11.4. The SMILES string of the molecule is Cc1cc(C(=N)N)ccc1-n1cc(S(C)(=O)=O)cn1. The maximum Gasteiger partial charge on any atom is 0.178 e. The molecule has 0 unspecified atom stereocenters. The zero-order valence-electron chi connectivity index (χ0n) is 10.6. The Morgan fingerprint density at radius 2 is 2.11 bits per heavy atom. The van der Waals surface area contributed by atoms with Gasteiger partial charge in [-0.15, -0.1) is 0 Å². The fourth-order valence-electron chi connectivity index (χ4n) is 1.71. The predicted octanol–water partition coefficient (Wildman–Crippen LogP) is 0.868. The molecule has 19 heavy (non-hydrogen) atoms. The number of nitrogen functional groups attached to an aromatic ring is 1. The number of nitrogens with one attached hydrogen (secondary N) is 1. The molecule has 0 radical (unpaired) electrons. The van der Waals surface area contributed by atoms with Crippen LogP contribution in [0.3, 0.4) is 0 Å². The molecule has 0 atom stereocenters. The van der Waals surface area contributed by atoms with Crippen molar-refractivity contribution in [1.82, 2.24) is 9.78 Å². The minimum atomic E-state index is -3.26. The summed E-state index contributed by atoms with van der Waals surface area (Å²) in [5.74, 6) is -0.00746. The number of rotatable bonds is 3. The molecule has 0 amide bonds. The van der Waals surface area contributed by atoms with Crippen LogP contribution in [0.25, 0.3) is 5.69 Å². The number of aryl methyl sites for hydroxylation is 1. The molecule has 1 aromatic heterocycles. The fourth-order valence-corrected chi connectivity index (χ4v) is 2.24. The molecule has 1 heterocycles. The van der Waals surface area contributed by atoms with Crippen molar-refractivity contribution in [3.63, 3.8) is 0 Å². The summed E-state index contributed by atoms with van der Waals surface area (Å²) in [6.45, 7) is 1.85. The third kappa shape index (κ3) is 2.65. The average molecular weight is 278 g/mol. The van der Waals surface area contributed by atoms with E-state index >= 15 is 0 Å². The van der Waals surface area contributed by atoms with Gasteiger partial charge in [0.15, 0.2) is 9.84 Å². The van der Waals surface area contributed by atoms with Gasteiger partial charge >= 0.3 is 0 Å². The Morgan fingerprint density at radius 1 is 1.42 bits per heavy atom. The molecule has 0 bridgehead atoms. The Kier molecular flexibility index (Phi) is 3.15. The van der Waals surface area contributed by atoms with Gasteiger partial charge in [0.25, 0.3) is 0 Å². The Hall–Kier alpha value is -2.15. The normalized spacial score (nSPS) is 11.5. The zero-order valence-corrected chi connectivity index (χ0v) is 11.4. The van der Waals surface area contributed by atoms with Crippen LogP contribution in [-0.2, 0) is 9.84 Å². The van der Waals surface area contributed by atoms with Gasteiger partial charge in [-0.25, -0.2) is 13.1 Å². The minimum Gasteiger partial charge on any atom is -0.384 e. The second-order valence-electron chi connectivity index (χ2n) is 4.31. The Balaban J connectivity index is 2.48. The maximum absolute atomic E-state index is 11.4. The van der Waals surface area contributed by atoms with Crippen LogP contribution in [0, 0.1) is 12.3 Å². The van der Waals surface area contributed by atoms with Crippen molar-refractivity contribution in [3.8, 4) is 5.69 Å². The van der Waals surface area contributed by atoms with Crippen molar-refractivity contribution in [1.29, 1.82) is 5.41 Å². The van der Waals surface area contributed by atoms with E-state index in [2.05, 4.69) is 5.10 Å². The predicted molar refractivity (Wildman–Crippen MR) is 72.4 cm³/mol. The summed E-state index contributed by atoms with van der Waals surface area (Å²) >= 11 is 0. The highest BCUT2D eigenvalue weighted by molar-refractivity contribution is 7.90. The number of nitrogens with zero attached hydrogens (tertiary/aromatic N) is 2. The molecular formula is C12H14N4O2S. The Bertz CT molecular complexity index is 747. The molecule has 0 saturated heterocycles. The van der Waals surface area contributed by atoms with E-state index in [4.69, 9.17) is 11.1 Å². The summed E-state index contributed by atoms with van der Waals surface area (Å²) in [6.07, 6.45) is 3.92. The van der Waals surface area contributed by atoms with Crippen molar-refractivity contribution < 1.29 is 8.42 Å². The van der Waals surface area contributed by atoms with Crippen LogP contribution in [0.15, 0.2) is 35.5 Å². The van der Waals surface area contributed by atoms with Gasteiger partial charge in [0, 0.05) is 18.0 Å². The standard InChI is InChI=1S/C12H14N4O2S/c1-8-5-9(12(13)14)3-4-11(8)16-7-10(6-15-16)19(2,17)18/h3-7H,1-2H3,(H3,13,14). The van der Waals surface area contributed by atoms with E-state index in [0.29, 0.717) is 5.56 Å². The quantitative estimate of drug-likeness (QED) is 0.642. The molecular weight excluding hydrogens is 264 g/mol. The Labute approximate surface area is 111 Å². The van der Waals surface area contributed by atoms with Crippen LogP contribution in [0.1, 0.15) is 11.1 Å². The van der Waals surface area contributed by atoms with Crippen LogP contribution in [0.2, 0.25) is 0 Å². The molecule has 0 aliphatic heterocycles.